The second kappa shape index (κ2) is 6.15. The van der Waals surface area contributed by atoms with Gasteiger partial charge in [0.25, 0.3) is 5.91 Å². The molecule has 0 spiro atoms. The molecule has 5 nitrogen and oxygen atoms in total. The second-order valence-electron chi connectivity index (χ2n) is 3.59. The van der Waals surface area contributed by atoms with Gasteiger partial charge in [0.05, 0.1) is 12.4 Å². The van der Waals surface area contributed by atoms with Crippen LogP contribution >= 0.6 is 0 Å². The Morgan fingerprint density at radius 2 is 2.38 bits per heavy atom. The number of nitrogens with one attached hydrogen (secondary N) is 1. The van der Waals surface area contributed by atoms with Crippen molar-refractivity contribution in [3.05, 3.63) is 12.4 Å². The third-order valence-corrected chi connectivity index (χ3v) is 2.10. The van der Waals surface area contributed by atoms with Gasteiger partial charge in [0.2, 0.25) is 0 Å². The molecular weight excluding hydrogens is 206 g/mol. The summed E-state index contributed by atoms with van der Waals surface area (Å²) in [7, 11) is 0. The molecule has 0 aliphatic rings. The molecule has 1 atom stereocenters. The average molecular weight is 225 g/mol. The maximum atomic E-state index is 11.4. The van der Waals surface area contributed by atoms with Crippen LogP contribution in [-0.2, 0) is 11.3 Å². The van der Waals surface area contributed by atoms with E-state index in [0.717, 1.165) is 13.0 Å². The van der Waals surface area contributed by atoms with Gasteiger partial charge in [0.15, 0.2) is 11.9 Å². The van der Waals surface area contributed by atoms with Crippen molar-refractivity contribution in [1.82, 2.24) is 15.1 Å². The van der Waals surface area contributed by atoms with Crippen molar-refractivity contribution in [1.29, 1.82) is 0 Å². The van der Waals surface area contributed by atoms with Gasteiger partial charge in [-0.3, -0.25) is 9.48 Å². The Morgan fingerprint density at radius 3 is 3.00 bits per heavy atom. The van der Waals surface area contributed by atoms with Gasteiger partial charge in [-0.2, -0.15) is 5.10 Å². The minimum Gasteiger partial charge on any atom is -0.478 e. The molecule has 90 valence electrons. The third kappa shape index (κ3) is 3.56. The van der Waals surface area contributed by atoms with E-state index in [1.165, 1.54) is 0 Å². The number of carbonyl (C=O) groups is 1. The summed E-state index contributed by atoms with van der Waals surface area (Å²) in [6, 6.07) is 0. The van der Waals surface area contributed by atoms with Crippen molar-refractivity contribution in [2.75, 3.05) is 6.54 Å². The van der Waals surface area contributed by atoms with Crippen LogP contribution in [0, 0.1) is 0 Å². The predicted molar refractivity (Wildman–Crippen MR) is 61.3 cm³/mol. The number of likely N-dealkylation sites (N-methyl/N-ethyl adjacent to an activating group) is 1. The summed E-state index contributed by atoms with van der Waals surface area (Å²) in [6.45, 7) is 7.16. The van der Waals surface area contributed by atoms with Crippen molar-refractivity contribution in [2.24, 2.45) is 0 Å². The Balaban J connectivity index is 2.48. The fourth-order valence-corrected chi connectivity index (χ4v) is 1.33. The maximum Gasteiger partial charge on any atom is 0.260 e. The van der Waals surface area contributed by atoms with Gasteiger partial charge in [-0.05, 0) is 20.3 Å². The topological polar surface area (TPSA) is 56.1 Å². The first-order valence-electron chi connectivity index (χ1n) is 5.64. The predicted octanol–water partition coefficient (Wildman–Crippen LogP) is 1.20. The molecule has 1 amide bonds. The largest absolute Gasteiger partial charge is 0.478 e. The van der Waals surface area contributed by atoms with Gasteiger partial charge < -0.3 is 10.1 Å². The molecule has 16 heavy (non-hydrogen) atoms. The van der Waals surface area contributed by atoms with Crippen LogP contribution in [0.25, 0.3) is 0 Å². The maximum absolute atomic E-state index is 11.4. The minimum atomic E-state index is -0.487. The summed E-state index contributed by atoms with van der Waals surface area (Å²) in [5, 5.41) is 6.83. The van der Waals surface area contributed by atoms with Crippen molar-refractivity contribution in [3.8, 4) is 5.75 Å². The molecule has 0 saturated heterocycles. The van der Waals surface area contributed by atoms with E-state index in [9.17, 15) is 4.79 Å². The fourth-order valence-electron chi connectivity index (χ4n) is 1.33. The third-order valence-electron chi connectivity index (χ3n) is 2.10. The standard InChI is InChI=1S/C11H19N3O2/c1-4-6-14-8-10(7-13-14)16-9(3)11(15)12-5-2/h7-9H,4-6H2,1-3H3,(H,12,15). The van der Waals surface area contributed by atoms with Gasteiger partial charge in [-0.25, -0.2) is 0 Å². The van der Waals surface area contributed by atoms with E-state index in [1.807, 2.05) is 6.92 Å². The van der Waals surface area contributed by atoms with Gasteiger partial charge in [0, 0.05) is 13.1 Å². The zero-order valence-corrected chi connectivity index (χ0v) is 10.1. The van der Waals surface area contributed by atoms with Crippen molar-refractivity contribution in [3.63, 3.8) is 0 Å². The normalized spacial score (nSPS) is 12.2. The van der Waals surface area contributed by atoms with Crippen LogP contribution in [0.3, 0.4) is 0 Å². The fraction of sp³-hybridized carbons (Fsp3) is 0.636. The molecular formula is C11H19N3O2. The smallest absolute Gasteiger partial charge is 0.260 e. The minimum absolute atomic E-state index is 0.106. The number of aryl methyl sites for hydroxylation is 1. The van der Waals surface area contributed by atoms with Crippen LogP contribution in [-0.4, -0.2) is 28.3 Å². The average Bonchev–Trinajstić information content (AvgIpc) is 2.66. The van der Waals surface area contributed by atoms with Crippen molar-refractivity contribution >= 4 is 5.91 Å². The van der Waals surface area contributed by atoms with E-state index in [-0.39, 0.29) is 5.91 Å². The zero-order valence-electron chi connectivity index (χ0n) is 10.1. The summed E-state index contributed by atoms with van der Waals surface area (Å²) in [5.41, 5.74) is 0. The summed E-state index contributed by atoms with van der Waals surface area (Å²) in [5.74, 6) is 0.526. The molecule has 1 aromatic rings. The van der Waals surface area contributed by atoms with Crippen LogP contribution in [0.4, 0.5) is 0 Å². The number of nitrogens with zero attached hydrogens (tertiary/aromatic N) is 2. The van der Waals surface area contributed by atoms with Crippen LogP contribution < -0.4 is 10.1 Å². The molecule has 0 aromatic carbocycles. The summed E-state index contributed by atoms with van der Waals surface area (Å²) in [4.78, 5) is 11.4. The zero-order chi connectivity index (χ0) is 12.0. The Hall–Kier alpha value is -1.52. The highest BCUT2D eigenvalue weighted by atomic mass is 16.5. The van der Waals surface area contributed by atoms with Gasteiger partial charge in [0.1, 0.15) is 0 Å². The first-order valence-corrected chi connectivity index (χ1v) is 5.64. The van der Waals surface area contributed by atoms with E-state index in [0.29, 0.717) is 12.3 Å². The lowest BCUT2D eigenvalue weighted by Gasteiger charge is -2.11. The van der Waals surface area contributed by atoms with E-state index in [1.54, 1.807) is 24.0 Å². The molecule has 0 aliphatic carbocycles. The summed E-state index contributed by atoms with van der Waals surface area (Å²) in [6.07, 6.45) is 3.97. The Kier molecular flexibility index (Phi) is 4.82. The van der Waals surface area contributed by atoms with E-state index in [2.05, 4.69) is 17.3 Å². The molecule has 5 heteroatoms. The first-order chi connectivity index (χ1) is 7.67. The van der Waals surface area contributed by atoms with Gasteiger partial charge in [-0.1, -0.05) is 6.92 Å². The highest BCUT2D eigenvalue weighted by molar-refractivity contribution is 5.80. The number of carbonyl (C=O) groups excluding carboxylic acids is 1. The number of ether oxygens (including phenoxy) is 1. The SMILES string of the molecule is CCCn1cc(OC(C)C(=O)NCC)cn1. The van der Waals surface area contributed by atoms with Crippen LogP contribution in [0.5, 0.6) is 5.75 Å². The number of amides is 1. The molecule has 0 fully saturated rings. The molecule has 1 N–H and O–H groups in total. The molecule has 1 aromatic heterocycles. The Bertz CT molecular complexity index is 336. The van der Waals surface area contributed by atoms with Crippen LogP contribution in [0.1, 0.15) is 27.2 Å². The highest BCUT2D eigenvalue weighted by Gasteiger charge is 2.14. The lowest BCUT2D eigenvalue weighted by atomic mass is 10.3. The monoisotopic (exact) mass is 225 g/mol. The molecule has 0 radical (unpaired) electrons. The second-order valence-corrected chi connectivity index (χ2v) is 3.59. The van der Waals surface area contributed by atoms with E-state index < -0.39 is 6.10 Å². The molecule has 1 unspecified atom stereocenters. The number of hydrogen-bond donors (Lipinski definition) is 1. The van der Waals surface area contributed by atoms with Crippen LogP contribution in [0.15, 0.2) is 12.4 Å². The number of rotatable bonds is 6. The Labute approximate surface area is 95.8 Å². The number of aromatic nitrogens is 2. The molecule has 0 saturated carbocycles. The lowest BCUT2D eigenvalue weighted by Crippen LogP contribution is -2.35. The first kappa shape index (κ1) is 12.5. The van der Waals surface area contributed by atoms with Crippen LogP contribution in [0.2, 0.25) is 0 Å². The quantitative estimate of drug-likeness (QED) is 0.791. The molecule has 0 bridgehead atoms. The van der Waals surface area contributed by atoms with Crippen molar-refractivity contribution < 1.29 is 9.53 Å². The van der Waals surface area contributed by atoms with Crippen molar-refractivity contribution in [2.45, 2.75) is 39.8 Å². The van der Waals surface area contributed by atoms with Gasteiger partial charge >= 0.3 is 0 Å². The molecule has 1 rings (SSSR count). The highest BCUT2D eigenvalue weighted by Crippen LogP contribution is 2.10. The molecule has 0 aliphatic heterocycles. The van der Waals surface area contributed by atoms with E-state index >= 15 is 0 Å². The summed E-state index contributed by atoms with van der Waals surface area (Å²) >= 11 is 0. The Morgan fingerprint density at radius 1 is 1.62 bits per heavy atom. The van der Waals surface area contributed by atoms with E-state index in [4.69, 9.17) is 4.74 Å². The lowest BCUT2D eigenvalue weighted by molar-refractivity contribution is -0.127. The molecule has 1 heterocycles. The van der Waals surface area contributed by atoms with Gasteiger partial charge in [-0.15, -0.1) is 0 Å². The summed E-state index contributed by atoms with van der Waals surface area (Å²) < 4.78 is 7.27. The number of hydrogen-bond acceptors (Lipinski definition) is 3.